The lowest BCUT2D eigenvalue weighted by Crippen LogP contribution is -2.48. The number of anilines is 1. The van der Waals surface area contributed by atoms with Crippen LogP contribution in [0.5, 0.6) is 11.5 Å². The minimum atomic E-state index is -0.266. The second-order valence-corrected chi connectivity index (χ2v) is 10.5. The average molecular weight is 579 g/mol. The van der Waals surface area contributed by atoms with Gasteiger partial charge in [-0.3, -0.25) is 19.4 Å². The first kappa shape index (κ1) is 29.8. The molecular weight excluding hydrogens is 540 g/mol. The molecule has 1 saturated heterocycles. The lowest BCUT2D eigenvalue weighted by Gasteiger charge is -2.34. The van der Waals surface area contributed by atoms with Crippen LogP contribution in [-0.2, 0) is 13.2 Å². The van der Waals surface area contributed by atoms with Crippen molar-refractivity contribution >= 4 is 17.5 Å². The summed E-state index contributed by atoms with van der Waals surface area (Å²) in [7, 11) is 1.51. The third-order valence-corrected chi connectivity index (χ3v) is 7.50. The maximum Gasteiger partial charge on any atom is 0.255 e. The fourth-order valence-electron chi connectivity index (χ4n) is 5.04. The Bertz CT molecular complexity index is 1470. The summed E-state index contributed by atoms with van der Waals surface area (Å²) in [6, 6.07) is 32.5. The average Bonchev–Trinajstić information content (AvgIpc) is 3.05. The summed E-state index contributed by atoms with van der Waals surface area (Å²) >= 11 is 0. The zero-order valence-electron chi connectivity index (χ0n) is 24.5. The second kappa shape index (κ2) is 15.0. The van der Waals surface area contributed by atoms with Crippen LogP contribution in [0.15, 0.2) is 103 Å². The molecule has 4 aromatic rings. The molecule has 0 aromatic heterocycles. The molecule has 4 aromatic carbocycles. The number of methoxy groups -OCH3 is 1. The van der Waals surface area contributed by atoms with E-state index < -0.39 is 0 Å². The van der Waals surface area contributed by atoms with Crippen LogP contribution < -0.4 is 20.1 Å². The SMILES string of the molecule is COc1cc(NC(=O)c2ccc(OCc3ccccc3)cc2)ccc1C(=O)NCCN1CCN(Cc2ccccc2)CC1. The van der Waals surface area contributed by atoms with E-state index in [-0.39, 0.29) is 11.8 Å². The third-order valence-electron chi connectivity index (χ3n) is 7.50. The first-order valence-corrected chi connectivity index (χ1v) is 14.6. The molecule has 0 atom stereocenters. The molecule has 0 saturated carbocycles. The Labute approximate surface area is 253 Å². The van der Waals surface area contributed by atoms with Gasteiger partial charge in [0.2, 0.25) is 0 Å². The molecule has 1 heterocycles. The molecule has 0 unspecified atom stereocenters. The fraction of sp³-hybridized carbons (Fsp3) is 0.257. The Hall–Kier alpha value is -4.66. The summed E-state index contributed by atoms with van der Waals surface area (Å²) in [5.74, 6) is 0.610. The number of nitrogens with zero attached hydrogens (tertiary/aromatic N) is 2. The van der Waals surface area contributed by atoms with E-state index in [1.165, 1.54) is 12.7 Å². The quantitative estimate of drug-likeness (QED) is 0.244. The van der Waals surface area contributed by atoms with Crippen LogP contribution in [0, 0.1) is 0 Å². The van der Waals surface area contributed by atoms with Gasteiger partial charge in [0.15, 0.2) is 0 Å². The molecule has 2 N–H and O–H groups in total. The van der Waals surface area contributed by atoms with Crippen LogP contribution in [0.25, 0.3) is 0 Å². The van der Waals surface area contributed by atoms with Gasteiger partial charge >= 0.3 is 0 Å². The Morgan fingerprint density at radius 2 is 1.40 bits per heavy atom. The maximum atomic E-state index is 12.9. The predicted molar refractivity (Wildman–Crippen MR) is 169 cm³/mol. The Kier molecular flexibility index (Phi) is 10.4. The summed E-state index contributed by atoms with van der Waals surface area (Å²) < 4.78 is 11.3. The number of hydrogen-bond acceptors (Lipinski definition) is 6. The molecule has 0 aliphatic carbocycles. The fourth-order valence-corrected chi connectivity index (χ4v) is 5.04. The lowest BCUT2D eigenvalue weighted by molar-refractivity contribution is 0.0930. The number of rotatable bonds is 12. The molecule has 1 fully saturated rings. The van der Waals surface area contributed by atoms with E-state index in [1.54, 1.807) is 42.5 Å². The molecule has 8 heteroatoms. The Morgan fingerprint density at radius 1 is 0.744 bits per heavy atom. The van der Waals surface area contributed by atoms with E-state index in [9.17, 15) is 9.59 Å². The van der Waals surface area contributed by atoms with Crippen LogP contribution in [0.3, 0.4) is 0 Å². The summed E-state index contributed by atoms with van der Waals surface area (Å²) in [5.41, 5.74) is 3.86. The summed E-state index contributed by atoms with van der Waals surface area (Å²) in [6.45, 7) is 6.73. The number of ether oxygens (including phenoxy) is 2. The van der Waals surface area contributed by atoms with Crippen LogP contribution in [0.1, 0.15) is 31.8 Å². The highest BCUT2D eigenvalue weighted by Crippen LogP contribution is 2.24. The first-order chi connectivity index (χ1) is 21.1. The largest absolute Gasteiger partial charge is 0.496 e. The molecule has 0 bridgehead atoms. The van der Waals surface area contributed by atoms with Crippen molar-refractivity contribution in [3.05, 3.63) is 125 Å². The molecule has 43 heavy (non-hydrogen) atoms. The molecule has 0 radical (unpaired) electrons. The van der Waals surface area contributed by atoms with E-state index in [1.807, 2.05) is 36.4 Å². The van der Waals surface area contributed by atoms with Crippen LogP contribution in [0.4, 0.5) is 5.69 Å². The monoisotopic (exact) mass is 578 g/mol. The molecule has 1 aliphatic heterocycles. The summed E-state index contributed by atoms with van der Waals surface area (Å²) in [6.07, 6.45) is 0. The highest BCUT2D eigenvalue weighted by molar-refractivity contribution is 6.05. The summed E-state index contributed by atoms with van der Waals surface area (Å²) in [4.78, 5) is 30.6. The van der Waals surface area contributed by atoms with Gasteiger partial charge in [-0.05, 0) is 47.5 Å². The van der Waals surface area contributed by atoms with Crippen molar-refractivity contribution in [3.8, 4) is 11.5 Å². The number of piperazine rings is 1. The van der Waals surface area contributed by atoms with E-state index in [2.05, 4.69) is 44.7 Å². The van der Waals surface area contributed by atoms with Crippen molar-refractivity contribution in [2.45, 2.75) is 13.2 Å². The van der Waals surface area contributed by atoms with Crippen molar-refractivity contribution < 1.29 is 19.1 Å². The van der Waals surface area contributed by atoms with Gasteiger partial charge in [0, 0.05) is 63.1 Å². The zero-order chi connectivity index (χ0) is 29.9. The minimum Gasteiger partial charge on any atom is -0.496 e. The van der Waals surface area contributed by atoms with Crippen LogP contribution in [0.2, 0.25) is 0 Å². The van der Waals surface area contributed by atoms with Gasteiger partial charge in [0.25, 0.3) is 11.8 Å². The Balaban J connectivity index is 1.06. The van der Waals surface area contributed by atoms with Crippen molar-refractivity contribution in [1.29, 1.82) is 0 Å². The standard InChI is InChI=1S/C35H38N4O4/c1-42-33-24-30(37-34(40)29-12-15-31(16-13-29)43-26-28-10-6-3-7-11-28)14-17-32(33)35(41)36-18-19-38-20-22-39(23-21-38)25-27-8-4-2-5-9-27/h2-17,24H,18-23,25-26H2,1H3,(H,36,41)(H,37,40). The van der Waals surface area contributed by atoms with Crippen molar-refractivity contribution in [2.75, 3.05) is 51.7 Å². The number of amides is 2. The van der Waals surface area contributed by atoms with Gasteiger partial charge in [-0.2, -0.15) is 0 Å². The van der Waals surface area contributed by atoms with E-state index >= 15 is 0 Å². The van der Waals surface area contributed by atoms with Gasteiger partial charge in [-0.15, -0.1) is 0 Å². The molecular formula is C35H38N4O4. The van der Waals surface area contributed by atoms with Crippen molar-refractivity contribution in [2.24, 2.45) is 0 Å². The number of benzene rings is 4. The zero-order valence-corrected chi connectivity index (χ0v) is 24.5. The first-order valence-electron chi connectivity index (χ1n) is 14.6. The molecule has 5 rings (SSSR count). The van der Waals surface area contributed by atoms with Crippen molar-refractivity contribution in [1.82, 2.24) is 15.1 Å². The van der Waals surface area contributed by atoms with Crippen LogP contribution >= 0.6 is 0 Å². The van der Waals surface area contributed by atoms with E-state index in [0.717, 1.165) is 44.8 Å². The predicted octanol–water partition coefficient (Wildman–Crippen LogP) is 5.07. The Morgan fingerprint density at radius 3 is 2.07 bits per heavy atom. The minimum absolute atomic E-state index is 0.205. The lowest BCUT2D eigenvalue weighted by atomic mass is 10.1. The maximum absolute atomic E-state index is 12.9. The molecule has 1 aliphatic rings. The highest BCUT2D eigenvalue weighted by Gasteiger charge is 2.18. The number of carbonyl (C=O) groups excluding carboxylic acids is 2. The smallest absolute Gasteiger partial charge is 0.255 e. The van der Waals surface area contributed by atoms with Crippen molar-refractivity contribution in [3.63, 3.8) is 0 Å². The summed E-state index contributed by atoms with van der Waals surface area (Å²) in [5, 5.41) is 5.89. The van der Waals surface area contributed by atoms with Gasteiger partial charge in [-0.1, -0.05) is 60.7 Å². The molecule has 2 amide bonds. The third kappa shape index (κ3) is 8.67. The van der Waals surface area contributed by atoms with Crippen LogP contribution in [-0.4, -0.2) is 68.0 Å². The highest BCUT2D eigenvalue weighted by atomic mass is 16.5. The molecule has 0 spiro atoms. The normalized spacial score (nSPS) is 13.7. The second-order valence-electron chi connectivity index (χ2n) is 10.5. The van der Waals surface area contributed by atoms with E-state index in [0.29, 0.717) is 41.5 Å². The molecule has 222 valence electrons. The van der Waals surface area contributed by atoms with Gasteiger partial charge in [0.05, 0.1) is 12.7 Å². The van der Waals surface area contributed by atoms with Gasteiger partial charge in [-0.25, -0.2) is 0 Å². The van der Waals surface area contributed by atoms with Gasteiger partial charge < -0.3 is 20.1 Å². The molecule has 8 nitrogen and oxygen atoms in total. The topological polar surface area (TPSA) is 83.1 Å². The van der Waals surface area contributed by atoms with E-state index in [4.69, 9.17) is 9.47 Å². The number of hydrogen-bond donors (Lipinski definition) is 2. The van der Waals surface area contributed by atoms with Gasteiger partial charge in [0.1, 0.15) is 18.1 Å². The number of carbonyl (C=O) groups is 2. The number of nitrogens with one attached hydrogen (secondary N) is 2.